The van der Waals surface area contributed by atoms with Gasteiger partial charge in [-0.1, -0.05) is 25.5 Å². The Labute approximate surface area is 127 Å². The van der Waals surface area contributed by atoms with Gasteiger partial charge < -0.3 is 14.5 Å². The summed E-state index contributed by atoms with van der Waals surface area (Å²) < 4.78 is 11.5. The first kappa shape index (κ1) is 15.6. The van der Waals surface area contributed by atoms with Crippen LogP contribution in [0.5, 0.6) is 5.75 Å². The largest absolute Gasteiger partial charge is 0.489 e. The molecule has 3 nitrogen and oxygen atoms in total. The van der Waals surface area contributed by atoms with Crippen LogP contribution in [0.3, 0.4) is 0 Å². The van der Waals surface area contributed by atoms with Gasteiger partial charge in [0.2, 0.25) is 0 Å². The normalized spacial score (nSPS) is 10.8. The molecule has 2 rings (SSSR count). The van der Waals surface area contributed by atoms with Crippen molar-refractivity contribution in [1.29, 1.82) is 0 Å². The summed E-state index contributed by atoms with van der Waals surface area (Å²) in [5.41, 5.74) is 2.48. The van der Waals surface area contributed by atoms with E-state index in [4.69, 9.17) is 9.15 Å². The number of rotatable bonds is 8. The van der Waals surface area contributed by atoms with Crippen molar-refractivity contribution in [3.63, 3.8) is 0 Å². The van der Waals surface area contributed by atoms with Gasteiger partial charge in [-0.15, -0.1) is 0 Å². The van der Waals surface area contributed by atoms with E-state index in [2.05, 4.69) is 42.6 Å². The van der Waals surface area contributed by atoms with Gasteiger partial charge in [0.15, 0.2) is 0 Å². The van der Waals surface area contributed by atoms with Crippen molar-refractivity contribution in [3.8, 4) is 5.75 Å². The zero-order chi connectivity index (χ0) is 15.1. The third kappa shape index (κ3) is 4.64. The van der Waals surface area contributed by atoms with Gasteiger partial charge in [-0.3, -0.25) is 0 Å². The smallest absolute Gasteiger partial charge is 0.119 e. The van der Waals surface area contributed by atoms with Crippen LogP contribution in [0, 0.1) is 6.92 Å². The lowest BCUT2D eigenvalue weighted by molar-refractivity contribution is 0.303. The van der Waals surface area contributed by atoms with Crippen molar-refractivity contribution in [2.45, 2.75) is 46.3 Å². The molecule has 0 unspecified atom stereocenters. The van der Waals surface area contributed by atoms with Crippen molar-refractivity contribution in [2.24, 2.45) is 0 Å². The van der Waals surface area contributed by atoms with Crippen molar-refractivity contribution < 1.29 is 9.15 Å². The van der Waals surface area contributed by atoms with Gasteiger partial charge in [0.1, 0.15) is 23.9 Å². The molecule has 0 radical (unpaired) electrons. The monoisotopic (exact) mass is 287 g/mol. The summed E-state index contributed by atoms with van der Waals surface area (Å²) in [5.74, 6) is 2.79. The average molecular weight is 287 g/mol. The second-order valence-corrected chi connectivity index (χ2v) is 5.36. The maximum Gasteiger partial charge on any atom is 0.119 e. The van der Waals surface area contributed by atoms with Crippen LogP contribution in [0.2, 0.25) is 0 Å². The molecule has 1 N–H and O–H groups in total. The molecule has 0 aliphatic heterocycles. The van der Waals surface area contributed by atoms with Crippen LogP contribution >= 0.6 is 0 Å². The lowest BCUT2D eigenvalue weighted by Gasteiger charge is -2.06. The van der Waals surface area contributed by atoms with Crippen molar-refractivity contribution in [3.05, 3.63) is 53.0 Å². The Morgan fingerprint density at radius 1 is 1.19 bits per heavy atom. The highest BCUT2D eigenvalue weighted by Crippen LogP contribution is 2.19. The molecule has 0 saturated heterocycles. The van der Waals surface area contributed by atoms with Gasteiger partial charge in [0, 0.05) is 5.56 Å². The fraction of sp³-hybridized carbons (Fsp3) is 0.444. The molecule has 2 aromatic rings. The van der Waals surface area contributed by atoms with Crippen LogP contribution < -0.4 is 10.1 Å². The van der Waals surface area contributed by atoms with Gasteiger partial charge in [0.05, 0.1) is 6.54 Å². The van der Waals surface area contributed by atoms with Crippen molar-refractivity contribution >= 4 is 0 Å². The highest BCUT2D eigenvalue weighted by Gasteiger charge is 2.07. The first-order valence-corrected chi connectivity index (χ1v) is 7.67. The summed E-state index contributed by atoms with van der Waals surface area (Å²) in [6.07, 6.45) is 3.61. The molecule has 0 aliphatic rings. The molecule has 0 spiro atoms. The first-order valence-electron chi connectivity index (χ1n) is 7.67. The molecule has 1 aromatic carbocycles. The minimum Gasteiger partial charge on any atom is -0.489 e. The molecular formula is C18H25NO2. The zero-order valence-corrected chi connectivity index (χ0v) is 13.2. The van der Waals surface area contributed by atoms with Gasteiger partial charge in [-0.05, 0) is 50.6 Å². The van der Waals surface area contributed by atoms with E-state index in [0.29, 0.717) is 6.61 Å². The molecule has 0 fully saturated rings. The Bertz CT molecular complexity index is 543. The summed E-state index contributed by atoms with van der Waals surface area (Å²) in [4.78, 5) is 0. The minimum atomic E-state index is 0.549. The standard InChI is InChI=1S/C18H25NO2/c1-4-5-6-15-7-9-17(10-8-15)20-13-16-11-18(12-19-3)21-14(16)2/h7-11,19H,4-6,12-13H2,1-3H3. The third-order valence-electron chi connectivity index (χ3n) is 3.56. The number of hydrogen-bond acceptors (Lipinski definition) is 3. The SMILES string of the molecule is CCCCc1ccc(OCc2cc(CNC)oc2C)cc1. The molecule has 0 bridgehead atoms. The van der Waals surface area contributed by atoms with E-state index < -0.39 is 0 Å². The first-order chi connectivity index (χ1) is 10.2. The van der Waals surface area contributed by atoms with E-state index in [9.17, 15) is 0 Å². The van der Waals surface area contributed by atoms with Crippen molar-refractivity contribution in [1.82, 2.24) is 5.32 Å². The highest BCUT2D eigenvalue weighted by atomic mass is 16.5. The van der Waals surface area contributed by atoms with E-state index in [0.717, 1.165) is 35.8 Å². The number of nitrogens with one attached hydrogen (secondary N) is 1. The lowest BCUT2D eigenvalue weighted by atomic mass is 10.1. The summed E-state index contributed by atoms with van der Waals surface area (Å²) >= 11 is 0. The third-order valence-corrected chi connectivity index (χ3v) is 3.56. The maximum atomic E-state index is 5.84. The molecule has 0 amide bonds. The van der Waals surface area contributed by atoms with Gasteiger partial charge >= 0.3 is 0 Å². The summed E-state index contributed by atoms with van der Waals surface area (Å²) in [7, 11) is 1.91. The second-order valence-electron chi connectivity index (χ2n) is 5.36. The van der Waals surface area contributed by atoms with E-state index >= 15 is 0 Å². The predicted octanol–water partition coefficient (Wildman–Crippen LogP) is 4.23. The summed E-state index contributed by atoms with van der Waals surface area (Å²) in [6, 6.07) is 10.5. The van der Waals surface area contributed by atoms with Gasteiger partial charge in [-0.25, -0.2) is 0 Å². The number of benzene rings is 1. The average Bonchev–Trinajstić information content (AvgIpc) is 2.84. The van der Waals surface area contributed by atoms with E-state index in [1.165, 1.54) is 18.4 Å². The molecule has 1 heterocycles. The number of unbranched alkanes of at least 4 members (excludes halogenated alkanes) is 1. The van der Waals surface area contributed by atoms with E-state index in [-0.39, 0.29) is 0 Å². The Morgan fingerprint density at radius 3 is 2.62 bits per heavy atom. The van der Waals surface area contributed by atoms with Gasteiger partial charge in [0.25, 0.3) is 0 Å². The van der Waals surface area contributed by atoms with Gasteiger partial charge in [-0.2, -0.15) is 0 Å². The van der Waals surface area contributed by atoms with Crippen LogP contribution in [0.15, 0.2) is 34.7 Å². The van der Waals surface area contributed by atoms with Crippen LogP contribution in [0.1, 0.15) is 42.4 Å². The number of furan rings is 1. The highest BCUT2D eigenvalue weighted by molar-refractivity contribution is 5.28. The van der Waals surface area contributed by atoms with E-state index in [1.54, 1.807) is 0 Å². The summed E-state index contributed by atoms with van der Waals surface area (Å²) in [6.45, 7) is 5.49. The fourth-order valence-corrected chi connectivity index (χ4v) is 2.29. The molecule has 114 valence electrons. The maximum absolute atomic E-state index is 5.84. The molecule has 1 aromatic heterocycles. The number of aryl methyl sites for hydroxylation is 2. The Hall–Kier alpha value is -1.74. The second kappa shape index (κ2) is 7.89. The molecule has 3 heteroatoms. The summed E-state index contributed by atoms with van der Waals surface area (Å²) in [5, 5.41) is 3.09. The van der Waals surface area contributed by atoms with Crippen LogP contribution in [0.4, 0.5) is 0 Å². The Kier molecular flexibility index (Phi) is 5.88. The number of hydrogen-bond donors (Lipinski definition) is 1. The molecule has 0 aliphatic carbocycles. The zero-order valence-electron chi connectivity index (χ0n) is 13.2. The van der Waals surface area contributed by atoms with Crippen LogP contribution in [-0.4, -0.2) is 7.05 Å². The number of ether oxygens (including phenoxy) is 1. The Morgan fingerprint density at radius 2 is 1.95 bits per heavy atom. The van der Waals surface area contributed by atoms with E-state index in [1.807, 2.05) is 14.0 Å². The molecule has 0 saturated carbocycles. The molecular weight excluding hydrogens is 262 g/mol. The quantitative estimate of drug-likeness (QED) is 0.789. The minimum absolute atomic E-state index is 0.549. The molecule has 21 heavy (non-hydrogen) atoms. The predicted molar refractivity (Wildman–Crippen MR) is 85.6 cm³/mol. The fourth-order valence-electron chi connectivity index (χ4n) is 2.29. The van der Waals surface area contributed by atoms with Crippen LogP contribution in [0.25, 0.3) is 0 Å². The Balaban J connectivity index is 1.90. The lowest BCUT2D eigenvalue weighted by Crippen LogP contribution is -2.03. The van der Waals surface area contributed by atoms with Crippen LogP contribution in [-0.2, 0) is 19.6 Å². The topological polar surface area (TPSA) is 34.4 Å². The molecule has 0 atom stereocenters. The van der Waals surface area contributed by atoms with Crippen molar-refractivity contribution in [2.75, 3.05) is 7.05 Å².